The number of esters is 1. The van der Waals surface area contributed by atoms with Gasteiger partial charge in [0.15, 0.2) is 0 Å². The van der Waals surface area contributed by atoms with Gasteiger partial charge in [0.05, 0.1) is 39.2 Å². The van der Waals surface area contributed by atoms with Crippen LogP contribution in [-0.2, 0) is 24.3 Å². The number of amides is 1. The monoisotopic (exact) mass is 425 g/mol. The van der Waals surface area contributed by atoms with Crippen LogP contribution >= 0.6 is 11.3 Å². The number of hydrogen-bond acceptors (Lipinski definition) is 7. The number of nitrogens with one attached hydrogen (secondary N) is 1. The summed E-state index contributed by atoms with van der Waals surface area (Å²) >= 11 is 1.42. The van der Waals surface area contributed by atoms with E-state index in [0.29, 0.717) is 32.5 Å². The third-order valence-corrected chi connectivity index (χ3v) is 6.99. The standard InChI is InChI=1S/C18H23N3O5S2/c1-3-26-18(23)13-6-8-21(9-7-13)17(22)11-19-28(24,25)14-4-5-15-16(10-14)27-12(2)20-15/h4-5,10,13,19H,3,6-9,11H2,1-2H3. The van der Waals surface area contributed by atoms with Gasteiger partial charge in [0, 0.05) is 13.1 Å². The number of carbonyl (C=O) groups excluding carboxylic acids is 2. The third-order valence-electron chi connectivity index (χ3n) is 4.66. The van der Waals surface area contributed by atoms with Crippen LogP contribution in [0, 0.1) is 12.8 Å². The predicted molar refractivity (Wildman–Crippen MR) is 105 cm³/mol. The van der Waals surface area contributed by atoms with Crippen molar-refractivity contribution in [3.63, 3.8) is 0 Å². The smallest absolute Gasteiger partial charge is 0.309 e. The summed E-state index contributed by atoms with van der Waals surface area (Å²) in [7, 11) is -3.80. The molecule has 2 heterocycles. The van der Waals surface area contributed by atoms with Crippen molar-refractivity contribution in [2.24, 2.45) is 5.92 Å². The molecule has 1 amide bonds. The minimum atomic E-state index is -3.80. The number of ether oxygens (including phenoxy) is 1. The molecule has 0 spiro atoms. The highest BCUT2D eigenvalue weighted by molar-refractivity contribution is 7.89. The summed E-state index contributed by atoms with van der Waals surface area (Å²) in [5, 5.41) is 0.860. The van der Waals surface area contributed by atoms with Gasteiger partial charge in [0.1, 0.15) is 0 Å². The molecule has 1 N–H and O–H groups in total. The maximum atomic E-state index is 12.5. The average molecular weight is 426 g/mol. The van der Waals surface area contributed by atoms with Crippen LogP contribution in [0.15, 0.2) is 23.1 Å². The molecule has 152 valence electrons. The summed E-state index contributed by atoms with van der Waals surface area (Å²) < 4.78 is 33.2. The first-order chi connectivity index (χ1) is 13.3. The largest absolute Gasteiger partial charge is 0.466 e. The third kappa shape index (κ3) is 4.68. The average Bonchev–Trinajstić information content (AvgIpc) is 3.05. The van der Waals surface area contributed by atoms with Gasteiger partial charge in [0.2, 0.25) is 15.9 Å². The van der Waals surface area contributed by atoms with Crippen LogP contribution < -0.4 is 4.72 Å². The molecule has 0 aliphatic carbocycles. The molecular formula is C18H23N3O5S2. The molecule has 0 saturated carbocycles. The maximum Gasteiger partial charge on any atom is 0.309 e. The van der Waals surface area contributed by atoms with E-state index < -0.39 is 10.0 Å². The lowest BCUT2D eigenvalue weighted by Gasteiger charge is -2.30. The fraction of sp³-hybridized carbons (Fsp3) is 0.500. The molecule has 0 radical (unpaired) electrons. The van der Waals surface area contributed by atoms with Crippen LogP contribution in [0.1, 0.15) is 24.8 Å². The quantitative estimate of drug-likeness (QED) is 0.706. The Labute approximate surface area is 167 Å². The van der Waals surface area contributed by atoms with Crippen LogP contribution in [0.4, 0.5) is 0 Å². The first kappa shape index (κ1) is 20.7. The molecule has 28 heavy (non-hydrogen) atoms. The van der Waals surface area contributed by atoms with Crippen molar-refractivity contribution in [2.75, 3.05) is 26.2 Å². The number of carbonyl (C=O) groups is 2. The second-order valence-corrected chi connectivity index (χ2v) is 9.60. The van der Waals surface area contributed by atoms with Crippen LogP contribution in [-0.4, -0.2) is 56.4 Å². The Balaban J connectivity index is 1.56. The number of thiazole rings is 1. The van der Waals surface area contributed by atoms with Crippen molar-refractivity contribution in [2.45, 2.75) is 31.6 Å². The zero-order valence-corrected chi connectivity index (χ0v) is 17.4. The van der Waals surface area contributed by atoms with Gasteiger partial charge in [-0.3, -0.25) is 9.59 Å². The van der Waals surface area contributed by atoms with Crippen LogP contribution in [0.2, 0.25) is 0 Å². The van der Waals surface area contributed by atoms with E-state index in [1.54, 1.807) is 24.0 Å². The van der Waals surface area contributed by atoms with Crippen molar-refractivity contribution in [1.29, 1.82) is 0 Å². The van der Waals surface area contributed by atoms with Gasteiger partial charge in [-0.15, -0.1) is 11.3 Å². The van der Waals surface area contributed by atoms with Crippen molar-refractivity contribution < 1.29 is 22.7 Å². The first-order valence-corrected chi connectivity index (χ1v) is 11.4. The lowest BCUT2D eigenvalue weighted by molar-refractivity contribution is -0.151. The molecule has 1 aliphatic heterocycles. The van der Waals surface area contributed by atoms with Gasteiger partial charge >= 0.3 is 5.97 Å². The molecule has 1 aromatic carbocycles. The minimum absolute atomic E-state index is 0.109. The highest BCUT2D eigenvalue weighted by atomic mass is 32.2. The van der Waals surface area contributed by atoms with E-state index in [1.165, 1.54) is 17.4 Å². The van der Waals surface area contributed by atoms with Crippen molar-refractivity contribution >= 4 is 43.5 Å². The topological polar surface area (TPSA) is 106 Å². The van der Waals surface area contributed by atoms with E-state index in [2.05, 4.69) is 9.71 Å². The molecule has 1 aliphatic rings. The molecule has 0 bridgehead atoms. The normalized spacial score (nSPS) is 15.7. The van der Waals surface area contributed by atoms with E-state index in [0.717, 1.165) is 15.2 Å². The van der Waals surface area contributed by atoms with Crippen molar-refractivity contribution in [3.8, 4) is 0 Å². The number of sulfonamides is 1. The number of nitrogens with zero attached hydrogens (tertiary/aromatic N) is 2. The summed E-state index contributed by atoms with van der Waals surface area (Å²) in [6.07, 6.45) is 1.05. The summed E-state index contributed by atoms with van der Waals surface area (Å²) in [4.78, 5) is 30.1. The molecule has 0 atom stereocenters. The van der Waals surface area contributed by atoms with Gasteiger partial charge in [-0.05, 0) is 44.9 Å². The second-order valence-electron chi connectivity index (χ2n) is 6.59. The number of rotatable bonds is 6. The zero-order chi connectivity index (χ0) is 20.3. The molecular weight excluding hydrogens is 402 g/mol. The fourth-order valence-electron chi connectivity index (χ4n) is 3.16. The van der Waals surface area contributed by atoms with E-state index in [-0.39, 0.29) is 29.2 Å². The lowest BCUT2D eigenvalue weighted by atomic mass is 9.97. The fourth-order valence-corrected chi connectivity index (χ4v) is 5.11. The summed E-state index contributed by atoms with van der Waals surface area (Å²) in [5.74, 6) is -0.736. The number of likely N-dealkylation sites (tertiary alicyclic amines) is 1. The number of aryl methyl sites for hydroxylation is 1. The molecule has 8 nitrogen and oxygen atoms in total. The molecule has 2 aromatic rings. The number of fused-ring (bicyclic) bond motifs is 1. The molecule has 3 rings (SSSR count). The zero-order valence-electron chi connectivity index (χ0n) is 15.8. The number of benzene rings is 1. The second kappa shape index (κ2) is 8.54. The van der Waals surface area contributed by atoms with Gasteiger partial charge in [-0.25, -0.2) is 18.1 Å². The summed E-state index contributed by atoms with van der Waals surface area (Å²) in [5.41, 5.74) is 0.752. The predicted octanol–water partition coefficient (Wildman–Crippen LogP) is 1.68. The Bertz CT molecular complexity index is 978. The Morgan fingerprint density at radius 1 is 1.32 bits per heavy atom. The lowest BCUT2D eigenvalue weighted by Crippen LogP contribution is -2.45. The Morgan fingerprint density at radius 3 is 2.71 bits per heavy atom. The van der Waals surface area contributed by atoms with E-state index in [4.69, 9.17) is 4.74 Å². The maximum absolute atomic E-state index is 12.5. The van der Waals surface area contributed by atoms with E-state index in [1.807, 2.05) is 6.92 Å². The van der Waals surface area contributed by atoms with Gasteiger partial charge in [-0.1, -0.05) is 0 Å². The summed E-state index contributed by atoms with van der Waals surface area (Å²) in [6.45, 7) is 4.47. The van der Waals surface area contributed by atoms with Gasteiger partial charge in [0.25, 0.3) is 0 Å². The molecule has 0 unspecified atom stereocenters. The number of hydrogen-bond donors (Lipinski definition) is 1. The molecule has 1 fully saturated rings. The number of piperidine rings is 1. The Kier molecular flexibility index (Phi) is 6.31. The van der Waals surface area contributed by atoms with Crippen LogP contribution in [0.5, 0.6) is 0 Å². The van der Waals surface area contributed by atoms with Crippen LogP contribution in [0.3, 0.4) is 0 Å². The highest BCUT2D eigenvalue weighted by Crippen LogP contribution is 2.24. The minimum Gasteiger partial charge on any atom is -0.466 e. The summed E-state index contributed by atoms with van der Waals surface area (Å²) in [6, 6.07) is 4.71. The first-order valence-electron chi connectivity index (χ1n) is 9.11. The number of aromatic nitrogens is 1. The highest BCUT2D eigenvalue weighted by Gasteiger charge is 2.28. The van der Waals surface area contributed by atoms with Crippen LogP contribution in [0.25, 0.3) is 10.2 Å². The van der Waals surface area contributed by atoms with Crippen molar-refractivity contribution in [3.05, 3.63) is 23.2 Å². The van der Waals surface area contributed by atoms with Crippen molar-refractivity contribution in [1.82, 2.24) is 14.6 Å². The molecule has 1 saturated heterocycles. The Morgan fingerprint density at radius 2 is 2.04 bits per heavy atom. The van der Waals surface area contributed by atoms with Gasteiger partial charge in [-0.2, -0.15) is 0 Å². The molecule has 10 heteroatoms. The van der Waals surface area contributed by atoms with E-state index in [9.17, 15) is 18.0 Å². The molecule has 1 aromatic heterocycles. The SMILES string of the molecule is CCOC(=O)C1CCN(C(=O)CNS(=O)(=O)c2ccc3nc(C)sc3c2)CC1. The Hall–Kier alpha value is -2.04. The van der Waals surface area contributed by atoms with Gasteiger partial charge < -0.3 is 9.64 Å². The van der Waals surface area contributed by atoms with E-state index >= 15 is 0 Å².